The third-order valence-corrected chi connectivity index (χ3v) is 7.05. The van der Waals surface area contributed by atoms with E-state index in [4.69, 9.17) is 15.9 Å². The molecule has 0 radical (unpaired) electrons. The molecule has 3 rings (SSSR count). The highest BCUT2D eigenvalue weighted by Gasteiger charge is 2.26. The zero-order valence-corrected chi connectivity index (χ0v) is 19.9. The molecule has 1 heterocycles. The van der Waals surface area contributed by atoms with Gasteiger partial charge in [0.1, 0.15) is 16.7 Å². The molecular weight excluding hydrogens is 404 g/mol. The molecule has 0 bridgehead atoms. The Morgan fingerprint density at radius 2 is 1.65 bits per heavy atom. The number of hydrogen-bond acceptors (Lipinski definition) is 3. The van der Waals surface area contributed by atoms with Crippen molar-refractivity contribution in [1.29, 1.82) is 0 Å². The van der Waals surface area contributed by atoms with Crippen molar-refractivity contribution in [3.05, 3.63) is 80.5 Å². The van der Waals surface area contributed by atoms with Crippen LogP contribution in [0.25, 0.3) is 4.90 Å². The lowest BCUT2D eigenvalue weighted by Crippen LogP contribution is -2.29. The van der Waals surface area contributed by atoms with Crippen molar-refractivity contribution in [3.63, 3.8) is 0 Å². The van der Waals surface area contributed by atoms with Gasteiger partial charge in [0, 0.05) is 28.7 Å². The van der Waals surface area contributed by atoms with Crippen molar-refractivity contribution >= 4 is 16.4 Å². The molecule has 0 fully saturated rings. The molecule has 1 unspecified atom stereocenters. The molecule has 0 spiro atoms. The van der Waals surface area contributed by atoms with E-state index in [1.165, 1.54) is 0 Å². The molecule has 3 nitrogen and oxygen atoms in total. The monoisotopic (exact) mass is 433 g/mol. The molecule has 2 aromatic carbocycles. The van der Waals surface area contributed by atoms with Gasteiger partial charge in [0.15, 0.2) is 11.5 Å². The van der Waals surface area contributed by atoms with Gasteiger partial charge >= 0.3 is 5.97 Å². The summed E-state index contributed by atoms with van der Waals surface area (Å²) in [5.41, 5.74) is 4.46. The minimum Gasteiger partial charge on any atom is -0.481 e. The summed E-state index contributed by atoms with van der Waals surface area (Å²) in [6.45, 7) is 11.7. The second kappa shape index (κ2) is 8.99. The second-order valence-corrected chi connectivity index (χ2v) is 10.2. The van der Waals surface area contributed by atoms with E-state index < -0.39 is 11.6 Å². The third-order valence-electron chi connectivity index (χ3n) is 5.15. The van der Waals surface area contributed by atoms with Crippen molar-refractivity contribution in [1.82, 2.24) is 0 Å². The zero-order chi connectivity index (χ0) is 22.8. The number of hydrogen-bond donors (Lipinski definition) is 0. The molecule has 0 aliphatic rings. The van der Waals surface area contributed by atoms with Crippen LogP contribution in [0.5, 0.6) is 5.75 Å². The lowest BCUT2D eigenvalue weighted by Gasteiger charge is -2.26. The van der Waals surface area contributed by atoms with E-state index in [0.717, 1.165) is 37.6 Å². The SMILES string of the molecule is C#Cc1ccc[s+]1-c1cc(C)c(OCC(=O)OC(C)(C)c2cc(C)cc(C)c2)c(C)c1. The smallest absolute Gasteiger partial charge is 0.345 e. The number of benzene rings is 2. The van der Waals surface area contributed by atoms with Gasteiger partial charge < -0.3 is 9.47 Å². The molecule has 1 aromatic heterocycles. The lowest BCUT2D eigenvalue weighted by molar-refractivity contribution is -0.159. The number of aryl methyl sites for hydroxylation is 4. The number of rotatable bonds is 6. The van der Waals surface area contributed by atoms with Gasteiger partial charge in [-0.25, -0.2) is 4.79 Å². The molecule has 4 heteroatoms. The van der Waals surface area contributed by atoms with E-state index in [1.807, 2.05) is 65.8 Å². The van der Waals surface area contributed by atoms with Crippen molar-refractivity contribution in [2.75, 3.05) is 6.61 Å². The van der Waals surface area contributed by atoms with E-state index >= 15 is 0 Å². The molecule has 160 valence electrons. The number of esters is 1. The highest BCUT2D eigenvalue weighted by atomic mass is 32.2. The summed E-state index contributed by atoms with van der Waals surface area (Å²) in [4.78, 5) is 14.7. The fraction of sp³-hybridized carbons (Fsp3) is 0.296. The van der Waals surface area contributed by atoms with Gasteiger partial charge in [-0.2, -0.15) is 0 Å². The van der Waals surface area contributed by atoms with Crippen LogP contribution in [0.2, 0.25) is 0 Å². The van der Waals surface area contributed by atoms with Crippen molar-refractivity contribution in [3.8, 4) is 23.0 Å². The van der Waals surface area contributed by atoms with Gasteiger partial charge in [0.25, 0.3) is 0 Å². The Morgan fingerprint density at radius 3 is 2.23 bits per heavy atom. The third kappa shape index (κ3) is 5.18. The Balaban J connectivity index is 1.72. The maximum absolute atomic E-state index is 12.6. The Bertz CT molecular complexity index is 1120. The summed E-state index contributed by atoms with van der Waals surface area (Å²) in [6.07, 6.45) is 5.63. The summed E-state index contributed by atoms with van der Waals surface area (Å²) in [5, 5.41) is 2.12. The fourth-order valence-electron chi connectivity index (χ4n) is 3.76. The summed E-state index contributed by atoms with van der Waals surface area (Å²) < 4.78 is 11.7. The summed E-state index contributed by atoms with van der Waals surface area (Å²) in [5.74, 6) is 3.08. The molecule has 1 atom stereocenters. The van der Waals surface area contributed by atoms with Gasteiger partial charge in [-0.1, -0.05) is 29.3 Å². The van der Waals surface area contributed by atoms with Crippen LogP contribution in [0.4, 0.5) is 0 Å². The Kier molecular flexibility index (Phi) is 6.57. The highest BCUT2D eigenvalue weighted by Crippen LogP contribution is 2.38. The Labute approximate surface area is 188 Å². The minimum absolute atomic E-state index is 0.142. The molecular formula is C27H29O3S+. The first kappa shape index (κ1) is 22.7. The van der Waals surface area contributed by atoms with Gasteiger partial charge in [-0.05, 0) is 70.2 Å². The van der Waals surface area contributed by atoms with E-state index in [9.17, 15) is 4.79 Å². The maximum atomic E-state index is 12.6. The first-order valence-corrected chi connectivity index (χ1v) is 11.5. The molecule has 0 aliphatic carbocycles. The topological polar surface area (TPSA) is 35.5 Å². The van der Waals surface area contributed by atoms with Gasteiger partial charge in [-0.3, -0.25) is 0 Å². The van der Waals surface area contributed by atoms with E-state index in [-0.39, 0.29) is 17.1 Å². The summed E-state index contributed by atoms with van der Waals surface area (Å²) in [6, 6.07) is 14.3. The van der Waals surface area contributed by atoms with Crippen LogP contribution < -0.4 is 4.74 Å². The molecule has 0 aliphatic heterocycles. The van der Waals surface area contributed by atoms with Crippen LogP contribution in [-0.2, 0) is 15.1 Å². The van der Waals surface area contributed by atoms with Gasteiger partial charge in [0.05, 0.1) is 0 Å². The first-order chi connectivity index (χ1) is 14.6. The van der Waals surface area contributed by atoms with Crippen molar-refractivity contribution < 1.29 is 14.3 Å². The predicted molar refractivity (Wildman–Crippen MR) is 128 cm³/mol. The zero-order valence-electron chi connectivity index (χ0n) is 19.0. The van der Waals surface area contributed by atoms with Crippen LogP contribution in [-0.4, -0.2) is 12.6 Å². The van der Waals surface area contributed by atoms with E-state index in [0.29, 0.717) is 5.75 Å². The molecule has 0 N–H and O–H groups in total. The minimum atomic E-state index is -0.737. The van der Waals surface area contributed by atoms with Crippen LogP contribution in [0.1, 0.15) is 46.5 Å². The number of ether oxygens (including phenoxy) is 2. The summed E-state index contributed by atoms with van der Waals surface area (Å²) >= 11 is 0. The van der Waals surface area contributed by atoms with Crippen molar-refractivity contribution in [2.24, 2.45) is 0 Å². The molecule has 3 aromatic rings. The van der Waals surface area contributed by atoms with Crippen molar-refractivity contribution in [2.45, 2.75) is 47.1 Å². The second-order valence-electron chi connectivity index (χ2n) is 8.38. The van der Waals surface area contributed by atoms with Crippen LogP contribution in [0, 0.1) is 40.0 Å². The Morgan fingerprint density at radius 1 is 1.03 bits per heavy atom. The number of terminal acetylenes is 1. The van der Waals surface area contributed by atoms with Crippen LogP contribution >= 0.6 is 10.5 Å². The van der Waals surface area contributed by atoms with Crippen LogP contribution in [0.3, 0.4) is 0 Å². The average Bonchev–Trinajstić information content (AvgIpc) is 3.15. The normalized spacial score (nSPS) is 11.7. The molecule has 0 saturated heterocycles. The van der Waals surface area contributed by atoms with Crippen LogP contribution in [0.15, 0.2) is 47.8 Å². The van der Waals surface area contributed by atoms with Gasteiger partial charge in [-0.15, -0.1) is 6.42 Å². The highest BCUT2D eigenvalue weighted by molar-refractivity contribution is 7.38. The fourth-order valence-corrected chi connectivity index (χ4v) is 5.51. The predicted octanol–water partition coefficient (Wildman–Crippen LogP) is 6.50. The molecule has 31 heavy (non-hydrogen) atoms. The molecule has 0 amide bonds. The number of thiophene rings is 1. The molecule has 0 saturated carbocycles. The van der Waals surface area contributed by atoms with E-state index in [1.54, 1.807) is 0 Å². The summed E-state index contributed by atoms with van der Waals surface area (Å²) in [7, 11) is -0.211. The quantitative estimate of drug-likeness (QED) is 0.253. The Hall–Kier alpha value is -3.03. The maximum Gasteiger partial charge on any atom is 0.345 e. The largest absolute Gasteiger partial charge is 0.481 e. The first-order valence-electron chi connectivity index (χ1n) is 10.2. The lowest BCUT2D eigenvalue weighted by atomic mass is 9.94. The van der Waals surface area contributed by atoms with E-state index in [2.05, 4.69) is 29.5 Å². The standard InChI is InChI=1S/C27H29O3S/c1-8-23-10-9-11-31(23)24-15-20(4)26(21(5)16-24)29-17-25(28)30-27(6,7)22-13-18(2)12-19(3)14-22/h1,9-16H,17H2,2-7H3/q+1. The number of carbonyl (C=O) groups excluding carboxylic acids is 1. The average molecular weight is 434 g/mol. The van der Waals surface area contributed by atoms with Gasteiger partial charge in [0.2, 0.25) is 4.88 Å². The number of carbonyl (C=O) groups is 1.